The van der Waals surface area contributed by atoms with E-state index in [1.54, 1.807) is 44.0 Å². The van der Waals surface area contributed by atoms with Crippen molar-refractivity contribution in [2.45, 2.75) is 20.4 Å². The standard InChI is InChI=1S/C16H16N4O/c1-11-7-15(12(2)19-18-11)16(21)20(3)10-14-6-4-5-13(8-14)9-17/h4-8H,10H2,1-3H3. The Balaban J connectivity index is 2.19. The first kappa shape index (κ1) is 14.7. The molecule has 0 aliphatic rings. The summed E-state index contributed by atoms with van der Waals surface area (Å²) in [5.41, 5.74) is 3.39. The van der Waals surface area contributed by atoms with Gasteiger partial charge >= 0.3 is 0 Å². The highest BCUT2D eigenvalue weighted by Gasteiger charge is 2.16. The second-order valence-electron chi connectivity index (χ2n) is 4.96. The Morgan fingerprint density at radius 3 is 2.76 bits per heavy atom. The van der Waals surface area contributed by atoms with E-state index in [0.717, 1.165) is 5.56 Å². The van der Waals surface area contributed by atoms with Gasteiger partial charge in [0.25, 0.3) is 5.91 Å². The maximum atomic E-state index is 12.5. The number of hydrogen-bond donors (Lipinski definition) is 0. The third-order valence-electron chi connectivity index (χ3n) is 3.15. The van der Waals surface area contributed by atoms with Crippen LogP contribution in [0.25, 0.3) is 0 Å². The van der Waals surface area contributed by atoms with Crippen LogP contribution in [0.1, 0.15) is 32.9 Å². The molecule has 1 aromatic heterocycles. The lowest BCUT2D eigenvalue weighted by molar-refractivity contribution is 0.0783. The molecule has 0 bridgehead atoms. The zero-order chi connectivity index (χ0) is 15.4. The minimum absolute atomic E-state index is 0.104. The summed E-state index contributed by atoms with van der Waals surface area (Å²) < 4.78 is 0. The van der Waals surface area contributed by atoms with Gasteiger partial charge in [-0.2, -0.15) is 15.5 Å². The molecule has 0 aliphatic carbocycles. The second kappa shape index (κ2) is 6.14. The molecule has 21 heavy (non-hydrogen) atoms. The van der Waals surface area contributed by atoms with E-state index in [0.29, 0.717) is 29.1 Å². The average molecular weight is 280 g/mol. The molecule has 0 aliphatic heterocycles. The highest BCUT2D eigenvalue weighted by atomic mass is 16.2. The first-order valence-electron chi connectivity index (χ1n) is 6.56. The summed E-state index contributed by atoms with van der Waals surface area (Å²) in [5, 5.41) is 16.8. The van der Waals surface area contributed by atoms with E-state index in [9.17, 15) is 4.79 Å². The maximum Gasteiger partial charge on any atom is 0.255 e. The number of amides is 1. The molecular weight excluding hydrogens is 264 g/mol. The Morgan fingerprint density at radius 1 is 1.29 bits per heavy atom. The molecule has 1 amide bonds. The number of carbonyl (C=O) groups is 1. The first-order valence-corrected chi connectivity index (χ1v) is 6.56. The van der Waals surface area contributed by atoms with Crippen LogP contribution in [-0.2, 0) is 6.54 Å². The number of aryl methyl sites for hydroxylation is 2. The number of benzene rings is 1. The van der Waals surface area contributed by atoms with Gasteiger partial charge < -0.3 is 4.90 Å². The highest BCUT2D eigenvalue weighted by Crippen LogP contribution is 2.12. The van der Waals surface area contributed by atoms with Crippen molar-refractivity contribution in [2.75, 3.05) is 7.05 Å². The van der Waals surface area contributed by atoms with E-state index in [2.05, 4.69) is 16.3 Å². The fourth-order valence-electron chi connectivity index (χ4n) is 2.06. The summed E-state index contributed by atoms with van der Waals surface area (Å²) >= 11 is 0. The lowest BCUT2D eigenvalue weighted by atomic mass is 10.1. The van der Waals surface area contributed by atoms with Crippen molar-refractivity contribution < 1.29 is 4.79 Å². The third-order valence-corrected chi connectivity index (χ3v) is 3.15. The molecule has 106 valence electrons. The topological polar surface area (TPSA) is 69.9 Å². The zero-order valence-electron chi connectivity index (χ0n) is 12.3. The van der Waals surface area contributed by atoms with Crippen LogP contribution in [0.5, 0.6) is 0 Å². The van der Waals surface area contributed by atoms with Crippen molar-refractivity contribution in [1.29, 1.82) is 5.26 Å². The molecular formula is C16H16N4O. The van der Waals surface area contributed by atoms with E-state index in [1.165, 1.54) is 0 Å². The smallest absolute Gasteiger partial charge is 0.255 e. The van der Waals surface area contributed by atoms with Crippen LogP contribution >= 0.6 is 0 Å². The monoisotopic (exact) mass is 280 g/mol. The predicted molar refractivity (Wildman–Crippen MR) is 78.5 cm³/mol. The van der Waals surface area contributed by atoms with Crippen LogP contribution in [0.3, 0.4) is 0 Å². The van der Waals surface area contributed by atoms with Crippen LogP contribution in [0.15, 0.2) is 30.3 Å². The number of aromatic nitrogens is 2. The molecule has 0 saturated heterocycles. The van der Waals surface area contributed by atoms with Crippen molar-refractivity contribution in [1.82, 2.24) is 15.1 Å². The SMILES string of the molecule is Cc1cc(C(=O)N(C)Cc2cccc(C#N)c2)c(C)nn1. The summed E-state index contributed by atoms with van der Waals surface area (Å²) in [6, 6.07) is 11.1. The predicted octanol–water partition coefficient (Wildman–Crippen LogP) is 2.24. The highest BCUT2D eigenvalue weighted by molar-refractivity contribution is 5.95. The van der Waals surface area contributed by atoms with Crippen molar-refractivity contribution in [2.24, 2.45) is 0 Å². The number of nitriles is 1. The molecule has 1 aromatic carbocycles. The van der Waals surface area contributed by atoms with Gasteiger partial charge in [0, 0.05) is 13.6 Å². The number of nitrogens with zero attached hydrogens (tertiary/aromatic N) is 4. The second-order valence-corrected chi connectivity index (χ2v) is 4.96. The zero-order valence-corrected chi connectivity index (χ0v) is 12.3. The van der Waals surface area contributed by atoms with Crippen LogP contribution in [0.2, 0.25) is 0 Å². The Labute approximate surface area is 123 Å². The fraction of sp³-hybridized carbons (Fsp3) is 0.250. The average Bonchev–Trinajstić information content (AvgIpc) is 2.49. The van der Waals surface area contributed by atoms with Crippen molar-refractivity contribution in [3.63, 3.8) is 0 Å². The molecule has 5 heteroatoms. The molecule has 0 spiro atoms. The summed E-state index contributed by atoms with van der Waals surface area (Å²) in [6.45, 7) is 4.01. The Bertz CT molecular complexity index is 718. The number of carbonyl (C=O) groups excluding carboxylic acids is 1. The summed E-state index contributed by atoms with van der Waals surface area (Å²) in [6.07, 6.45) is 0. The molecule has 0 saturated carbocycles. The number of rotatable bonds is 3. The molecule has 0 unspecified atom stereocenters. The minimum Gasteiger partial charge on any atom is -0.337 e. The molecule has 0 fully saturated rings. The third kappa shape index (κ3) is 3.42. The van der Waals surface area contributed by atoms with Gasteiger partial charge in [-0.15, -0.1) is 0 Å². The van der Waals surface area contributed by atoms with Crippen molar-refractivity contribution >= 4 is 5.91 Å². The Kier molecular flexibility index (Phi) is 4.29. The van der Waals surface area contributed by atoms with Crippen LogP contribution in [0.4, 0.5) is 0 Å². The lowest BCUT2D eigenvalue weighted by Crippen LogP contribution is -2.27. The molecule has 2 rings (SSSR count). The maximum absolute atomic E-state index is 12.5. The van der Waals surface area contributed by atoms with E-state index in [-0.39, 0.29) is 5.91 Å². The molecule has 1 heterocycles. The van der Waals surface area contributed by atoms with E-state index in [4.69, 9.17) is 5.26 Å². The van der Waals surface area contributed by atoms with Crippen LogP contribution in [-0.4, -0.2) is 28.1 Å². The van der Waals surface area contributed by atoms with Crippen LogP contribution < -0.4 is 0 Å². The largest absolute Gasteiger partial charge is 0.337 e. The first-order chi connectivity index (χ1) is 10.0. The fourth-order valence-corrected chi connectivity index (χ4v) is 2.06. The van der Waals surface area contributed by atoms with E-state index < -0.39 is 0 Å². The normalized spacial score (nSPS) is 10.0. The molecule has 0 radical (unpaired) electrons. The van der Waals surface area contributed by atoms with Crippen molar-refractivity contribution in [3.8, 4) is 6.07 Å². The summed E-state index contributed by atoms with van der Waals surface area (Å²) in [7, 11) is 1.73. The van der Waals surface area contributed by atoms with E-state index in [1.807, 2.05) is 12.1 Å². The van der Waals surface area contributed by atoms with Gasteiger partial charge in [-0.3, -0.25) is 4.79 Å². The molecule has 2 aromatic rings. The van der Waals surface area contributed by atoms with Gasteiger partial charge in [-0.25, -0.2) is 0 Å². The van der Waals surface area contributed by atoms with E-state index >= 15 is 0 Å². The van der Waals surface area contributed by atoms with Crippen molar-refractivity contribution in [3.05, 3.63) is 58.4 Å². The quantitative estimate of drug-likeness (QED) is 0.864. The Hall–Kier alpha value is -2.74. The van der Waals surface area contributed by atoms with Gasteiger partial charge in [0.15, 0.2) is 0 Å². The summed E-state index contributed by atoms with van der Waals surface area (Å²) in [4.78, 5) is 14.1. The van der Waals surface area contributed by atoms with Crippen LogP contribution in [0, 0.1) is 25.2 Å². The van der Waals surface area contributed by atoms with Gasteiger partial charge in [-0.05, 0) is 37.6 Å². The molecule has 0 atom stereocenters. The molecule has 0 N–H and O–H groups in total. The number of hydrogen-bond acceptors (Lipinski definition) is 4. The Morgan fingerprint density at radius 2 is 2.05 bits per heavy atom. The lowest BCUT2D eigenvalue weighted by Gasteiger charge is -2.18. The van der Waals surface area contributed by atoms with Gasteiger partial charge in [0.2, 0.25) is 0 Å². The van der Waals surface area contributed by atoms with Gasteiger partial charge in [0.1, 0.15) is 0 Å². The summed E-state index contributed by atoms with van der Waals surface area (Å²) in [5.74, 6) is -0.104. The molecule has 5 nitrogen and oxygen atoms in total. The van der Waals surface area contributed by atoms with Gasteiger partial charge in [0.05, 0.1) is 28.6 Å². The van der Waals surface area contributed by atoms with Gasteiger partial charge in [-0.1, -0.05) is 12.1 Å². The minimum atomic E-state index is -0.104.